The van der Waals surface area contributed by atoms with Crippen LogP contribution >= 0.6 is 0 Å². The Balaban J connectivity index is 1.67. The molecule has 2 aliphatic heterocycles. The summed E-state index contributed by atoms with van der Waals surface area (Å²) in [6.07, 6.45) is 0. The molecule has 2 aliphatic rings. The third kappa shape index (κ3) is 2.81. The normalized spacial score (nSPS) is 17.1. The number of ether oxygens (including phenoxy) is 1. The Morgan fingerprint density at radius 1 is 1.39 bits per heavy atom. The van der Waals surface area contributed by atoms with E-state index >= 15 is 0 Å². The lowest BCUT2D eigenvalue weighted by Gasteiger charge is -2.46. The molecular formula is C18H20FN5O4. The summed E-state index contributed by atoms with van der Waals surface area (Å²) in [6, 6.07) is 3.99. The first-order valence-electron chi connectivity index (χ1n) is 8.70. The summed E-state index contributed by atoms with van der Waals surface area (Å²) >= 11 is 0. The third-order valence-corrected chi connectivity index (χ3v) is 4.97. The maximum Gasteiger partial charge on any atom is 0.315 e. The molecule has 3 amide bonds. The van der Waals surface area contributed by atoms with Crippen molar-refractivity contribution in [1.82, 2.24) is 20.7 Å². The number of benzene rings is 1. The topological polar surface area (TPSA) is 99.9 Å². The molecule has 3 heterocycles. The van der Waals surface area contributed by atoms with Crippen molar-refractivity contribution < 1.29 is 23.2 Å². The summed E-state index contributed by atoms with van der Waals surface area (Å²) in [5, 5.41) is 9.58. The Kier molecular flexibility index (Phi) is 4.13. The maximum atomic E-state index is 13.8. The van der Waals surface area contributed by atoms with E-state index in [-0.39, 0.29) is 29.0 Å². The zero-order valence-electron chi connectivity index (χ0n) is 15.7. The highest BCUT2D eigenvalue weighted by Crippen LogP contribution is 2.36. The highest BCUT2D eigenvalue weighted by atomic mass is 19.1. The van der Waals surface area contributed by atoms with E-state index in [4.69, 9.17) is 9.26 Å². The van der Waals surface area contributed by atoms with Crippen LogP contribution in [0.15, 0.2) is 22.7 Å². The van der Waals surface area contributed by atoms with Crippen LogP contribution in [0.4, 0.5) is 15.0 Å². The number of urea groups is 1. The van der Waals surface area contributed by atoms with Gasteiger partial charge >= 0.3 is 6.03 Å². The smallest absolute Gasteiger partial charge is 0.315 e. The van der Waals surface area contributed by atoms with Gasteiger partial charge in [0.2, 0.25) is 0 Å². The first kappa shape index (κ1) is 18.1. The molecule has 1 spiro atoms. The second kappa shape index (κ2) is 6.39. The van der Waals surface area contributed by atoms with Gasteiger partial charge in [-0.3, -0.25) is 4.79 Å². The van der Waals surface area contributed by atoms with Crippen molar-refractivity contribution in [2.24, 2.45) is 0 Å². The summed E-state index contributed by atoms with van der Waals surface area (Å²) in [5.41, 5.74) is 0.334. The highest BCUT2D eigenvalue weighted by molar-refractivity contribution is 6.04. The van der Waals surface area contributed by atoms with Crippen LogP contribution in [0.3, 0.4) is 0 Å². The summed E-state index contributed by atoms with van der Waals surface area (Å²) in [7, 11) is 4.87. The Bertz CT molecular complexity index is 951. The monoisotopic (exact) mass is 389 g/mol. The van der Waals surface area contributed by atoms with Crippen molar-refractivity contribution in [2.45, 2.75) is 5.54 Å². The van der Waals surface area contributed by atoms with Gasteiger partial charge in [0.15, 0.2) is 23.1 Å². The van der Waals surface area contributed by atoms with E-state index in [9.17, 15) is 14.0 Å². The van der Waals surface area contributed by atoms with Crippen molar-refractivity contribution in [3.8, 4) is 17.1 Å². The molecule has 0 bridgehead atoms. The zero-order chi connectivity index (χ0) is 20.1. The number of amides is 3. The largest absolute Gasteiger partial charge is 0.494 e. The molecule has 0 aliphatic carbocycles. The van der Waals surface area contributed by atoms with E-state index in [0.717, 1.165) is 0 Å². The number of carbonyl (C=O) groups is 2. The summed E-state index contributed by atoms with van der Waals surface area (Å²) in [5.74, 6) is -0.128. The molecule has 0 atom stereocenters. The standard InChI is InChI=1S/C18H20FN5O4/c1-23(2)15-13(16(25)24-8-18(9-24)7-20-17(26)21-18)14(28-22-15)10-4-5-11(19)12(6-10)27-3/h4-6H,7-9H2,1-3H3,(H2,20,21,26). The molecular weight excluding hydrogens is 369 g/mol. The number of methoxy groups -OCH3 is 1. The van der Waals surface area contributed by atoms with Crippen LogP contribution < -0.4 is 20.3 Å². The van der Waals surface area contributed by atoms with Crippen LogP contribution in [-0.2, 0) is 0 Å². The fraction of sp³-hybridized carbons (Fsp3) is 0.389. The molecule has 0 radical (unpaired) electrons. The van der Waals surface area contributed by atoms with Gasteiger partial charge in [0.25, 0.3) is 5.91 Å². The molecule has 0 unspecified atom stereocenters. The van der Waals surface area contributed by atoms with Gasteiger partial charge in [-0.1, -0.05) is 5.16 Å². The van der Waals surface area contributed by atoms with Gasteiger partial charge in [0.05, 0.1) is 12.6 Å². The number of likely N-dealkylation sites (tertiary alicyclic amines) is 1. The summed E-state index contributed by atoms with van der Waals surface area (Å²) in [4.78, 5) is 27.9. The highest BCUT2D eigenvalue weighted by Gasteiger charge is 2.50. The third-order valence-electron chi connectivity index (χ3n) is 4.97. The number of nitrogens with one attached hydrogen (secondary N) is 2. The van der Waals surface area contributed by atoms with Crippen molar-refractivity contribution in [3.63, 3.8) is 0 Å². The van der Waals surface area contributed by atoms with Crippen LogP contribution in [0, 0.1) is 5.82 Å². The molecule has 2 aromatic rings. The van der Waals surface area contributed by atoms with E-state index in [1.54, 1.807) is 23.9 Å². The minimum atomic E-state index is -0.513. The lowest BCUT2D eigenvalue weighted by atomic mass is 9.90. The molecule has 2 fully saturated rings. The van der Waals surface area contributed by atoms with Crippen LogP contribution in [0.2, 0.25) is 0 Å². The SMILES string of the molecule is COc1cc(-c2onc(N(C)C)c2C(=O)N2CC3(CNC(=O)N3)C2)ccc1F. The molecule has 2 saturated heterocycles. The average Bonchev–Trinajstić information content (AvgIpc) is 3.24. The number of aromatic nitrogens is 1. The fourth-order valence-electron chi connectivity index (χ4n) is 3.53. The number of hydrogen-bond acceptors (Lipinski definition) is 6. The molecule has 28 heavy (non-hydrogen) atoms. The number of halogens is 1. The summed E-state index contributed by atoms with van der Waals surface area (Å²) in [6.45, 7) is 1.24. The molecule has 0 saturated carbocycles. The lowest BCUT2D eigenvalue weighted by molar-refractivity contribution is 0.0398. The molecule has 4 rings (SSSR count). The van der Waals surface area contributed by atoms with E-state index in [1.165, 1.54) is 25.3 Å². The van der Waals surface area contributed by atoms with Gasteiger partial charge in [0, 0.05) is 39.3 Å². The number of carbonyl (C=O) groups excluding carboxylic acids is 2. The predicted molar refractivity (Wildman–Crippen MR) is 97.9 cm³/mol. The van der Waals surface area contributed by atoms with Gasteiger partial charge in [0.1, 0.15) is 5.56 Å². The average molecular weight is 389 g/mol. The van der Waals surface area contributed by atoms with Crippen molar-refractivity contribution in [3.05, 3.63) is 29.6 Å². The Morgan fingerprint density at radius 3 is 2.75 bits per heavy atom. The van der Waals surface area contributed by atoms with Gasteiger partial charge in [-0.25, -0.2) is 9.18 Å². The van der Waals surface area contributed by atoms with Gasteiger partial charge in [-0.15, -0.1) is 0 Å². The Hall–Kier alpha value is -3.30. The van der Waals surface area contributed by atoms with Crippen LogP contribution in [-0.4, -0.2) is 68.4 Å². The van der Waals surface area contributed by atoms with E-state index in [2.05, 4.69) is 15.8 Å². The number of anilines is 1. The van der Waals surface area contributed by atoms with Crippen molar-refractivity contribution in [2.75, 3.05) is 45.7 Å². The number of nitrogens with zero attached hydrogens (tertiary/aromatic N) is 3. The first-order valence-corrected chi connectivity index (χ1v) is 8.70. The second-order valence-corrected chi connectivity index (χ2v) is 7.20. The quantitative estimate of drug-likeness (QED) is 0.811. The zero-order valence-corrected chi connectivity index (χ0v) is 15.7. The number of rotatable bonds is 4. The lowest BCUT2D eigenvalue weighted by Crippen LogP contribution is -2.70. The number of hydrogen-bond donors (Lipinski definition) is 2. The molecule has 148 valence electrons. The fourth-order valence-corrected chi connectivity index (χ4v) is 3.53. The van der Waals surface area contributed by atoms with Gasteiger partial charge in [-0.2, -0.15) is 0 Å². The minimum absolute atomic E-state index is 0.0429. The Labute approximate surface area is 160 Å². The molecule has 1 aromatic heterocycles. The minimum Gasteiger partial charge on any atom is -0.494 e. The first-order chi connectivity index (χ1) is 13.3. The predicted octanol–water partition coefficient (Wildman–Crippen LogP) is 1.06. The maximum absolute atomic E-state index is 13.8. The summed E-state index contributed by atoms with van der Waals surface area (Å²) < 4.78 is 24.3. The molecule has 1 aromatic carbocycles. The van der Waals surface area contributed by atoms with Crippen LogP contribution in [0.5, 0.6) is 5.75 Å². The van der Waals surface area contributed by atoms with Crippen molar-refractivity contribution in [1.29, 1.82) is 0 Å². The molecule has 10 heteroatoms. The van der Waals surface area contributed by atoms with E-state index in [0.29, 0.717) is 31.0 Å². The van der Waals surface area contributed by atoms with Crippen LogP contribution in [0.1, 0.15) is 10.4 Å². The molecule has 2 N–H and O–H groups in total. The van der Waals surface area contributed by atoms with E-state index in [1.807, 2.05) is 0 Å². The Morgan fingerprint density at radius 2 is 2.14 bits per heavy atom. The van der Waals surface area contributed by atoms with Crippen LogP contribution in [0.25, 0.3) is 11.3 Å². The van der Waals surface area contributed by atoms with E-state index < -0.39 is 11.4 Å². The second-order valence-electron chi connectivity index (χ2n) is 7.20. The van der Waals surface area contributed by atoms with Crippen molar-refractivity contribution >= 4 is 17.8 Å². The van der Waals surface area contributed by atoms with Gasteiger partial charge in [-0.05, 0) is 18.2 Å². The molecule has 9 nitrogen and oxygen atoms in total. The van der Waals surface area contributed by atoms with Gasteiger partial charge < -0.3 is 29.7 Å².